The minimum atomic E-state index is -0.200. The molecule has 6 nitrogen and oxygen atoms in total. The third-order valence-corrected chi connectivity index (χ3v) is 6.99. The zero-order valence-corrected chi connectivity index (χ0v) is 19.3. The summed E-state index contributed by atoms with van der Waals surface area (Å²) in [6, 6.07) is 11.4. The maximum Gasteiger partial charge on any atom is 0.319 e. The van der Waals surface area contributed by atoms with Gasteiger partial charge in [-0.1, -0.05) is 38.1 Å². The van der Waals surface area contributed by atoms with Gasteiger partial charge in [-0.05, 0) is 79.8 Å². The van der Waals surface area contributed by atoms with E-state index in [9.17, 15) is 9.59 Å². The van der Waals surface area contributed by atoms with E-state index in [0.29, 0.717) is 12.5 Å². The molecular weight excluding hydrogens is 388 g/mol. The number of aryl methyl sites for hydroxylation is 2. The normalized spacial score (nSPS) is 19.2. The van der Waals surface area contributed by atoms with Crippen LogP contribution in [0.5, 0.6) is 0 Å². The topological polar surface area (TPSA) is 82.3 Å². The smallest absolute Gasteiger partial charge is 0.319 e. The molecule has 1 saturated carbocycles. The Labute approximate surface area is 185 Å². The molecule has 1 aliphatic rings. The van der Waals surface area contributed by atoms with Crippen molar-refractivity contribution in [1.82, 2.24) is 10.6 Å². The van der Waals surface area contributed by atoms with E-state index in [1.54, 1.807) is 0 Å². The van der Waals surface area contributed by atoms with Crippen molar-refractivity contribution in [3.63, 3.8) is 0 Å². The van der Waals surface area contributed by atoms with Crippen LogP contribution in [-0.4, -0.2) is 24.6 Å². The molecule has 2 aromatic rings. The molecule has 1 aliphatic carbocycles. The number of hydrogen-bond donors (Lipinski definition) is 4. The van der Waals surface area contributed by atoms with E-state index in [-0.39, 0.29) is 23.5 Å². The highest BCUT2D eigenvalue weighted by Crippen LogP contribution is 2.45. The lowest BCUT2D eigenvalue weighted by atomic mass is 9.58. The molecule has 166 valence electrons. The average molecular weight is 423 g/mol. The molecule has 0 heterocycles. The molecule has 31 heavy (non-hydrogen) atoms. The summed E-state index contributed by atoms with van der Waals surface area (Å²) in [6.07, 6.45) is 0.830. The summed E-state index contributed by atoms with van der Waals surface area (Å²) >= 11 is 0. The van der Waals surface area contributed by atoms with Crippen LogP contribution in [0, 0.1) is 39.0 Å². The van der Waals surface area contributed by atoms with Gasteiger partial charge in [-0.15, -0.1) is 0 Å². The third-order valence-electron chi connectivity index (χ3n) is 6.99. The summed E-state index contributed by atoms with van der Waals surface area (Å²) in [7, 11) is 0. The zero-order chi connectivity index (χ0) is 22.8. The predicted octanol–water partition coefficient (Wildman–Crippen LogP) is 5.28. The Morgan fingerprint density at radius 3 is 1.90 bits per heavy atom. The standard InChI is InChI=1S/C25H34N4O2/c1-15-9-7-11-20(17(15)3)27-23(30)26-14-19-13-22(25(19,5)6)29-24(31)28-21-12-8-10-16(2)18(21)4/h7-12,19,22H,13-14H2,1-6H3,(H2,26,27,30)(H2,28,29,31)/t19-,22-/m1/s1. The summed E-state index contributed by atoms with van der Waals surface area (Å²) in [4.78, 5) is 24.9. The minimum Gasteiger partial charge on any atom is -0.338 e. The second-order valence-corrected chi connectivity index (χ2v) is 9.24. The van der Waals surface area contributed by atoms with Crippen molar-refractivity contribution in [3.8, 4) is 0 Å². The molecule has 0 saturated heterocycles. The van der Waals surface area contributed by atoms with Gasteiger partial charge in [0.15, 0.2) is 0 Å². The first-order chi connectivity index (χ1) is 14.6. The van der Waals surface area contributed by atoms with E-state index in [1.807, 2.05) is 64.1 Å². The average Bonchev–Trinajstić information content (AvgIpc) is 2.71. The summed E-state index contributed by atoms with van der Waals surface area (Å²) < 4.78 is 0. The Morgan fingerprint density at radius 2 is 1.39 bits per heavy atom. The van der Waals surface area contributed by atoms with Gasteiger partial charge in [0.25, 0.3) is 0 Å². The van der Waals surface area contributed by atoms with Crippen LogP contribution in [0.2, 0.25) is 0 Å². The van der Waals surface area contributed by atoms with Crippen molar-refractivity contribution >= 4 is 23.4 Å². The number of carbonyl (C=O) groups is 2. The van der Waals surface area contributed by atoms with Crippen LogP contribution in [0.25, 0.3) is 0 Å². The fourth-order valence-electron chi connectivity index (χ4n) is 4.08. The molecule has 0 radical (unpaired) electrons. The first-order valence-electron chi connectivity index (χ1n) is 10.8. The molecule has 4 N–H and O–H groups in total. The Bertz CT molecular complexity index is 983. The molecule has 6 heteroatoms. The molecule has 4 amide bonds. The van der Waals surface area contributed by atoms with Crippen LogP contribution >= 0.6 is 0 Å². The van der Waals surface area contributed by atoms with Gasteiger partial charge >= 0.3 is 12.1 Å². The van der Waals surface area contributed by atoms with Crippen LogP contribution in [0.1, 0.15) is 42.5 Å². The fraction of sp³-hybridized carbons (Fsp3) is 0.440. The Morgan fingerprint density at radius 1 is 0.871 bits per heavy atom. The lowest BCUT2D eigenvalue weighted by Gasteiger charge is -2.52. The second kappa shape index (κ2) is 9.00. The molecule has 0 aromatic heterocycles. The quantitative estimate of drug-likeness (QED) is 0.529. The Hall–Kier alpha value is -3.02. The predicted molar refractivity (Wildman–Crippen MR) is 127 cm³/mol. The molecule has 3 rings (SSSR count). The number of anilines is 2. The summed E-state index contributed by atoms with van der Waals surface area (Å²) in [5.74, 6) is 0.294. The number of urea groups is 2. The van der Waals surface area contributed by atoms with Crippen LogP contribution in [-0.2, 0) is 0 Å². The highest BCUT2D eigenvalue weighted by Gasteiger charge is 2.48. The van der Waals surface area contributed by atoms with Gasteiger partial charge in [-0.3, -0.25) is 0 Å². The number of benzene rings is 2. The minimum absolute atomic E-state index is 0.0616. The van der Waals surface area contributed by atoms with Crippen molar-refractivity contribution in [2.45, 2.75) is 54.0 Å². The summed E-state index contributed by atoms with van der Waals surface area (Å²) in [5, 5.41) is 12.0. The fourth-order valence-corrected chi connectivity index (χ4v) is 4.08. The molecular formula is C25H34N4O2. The summed E-state index contributed by atoms with van der Waals surface area (Å²) in [5.41, 5.74) is 5.98. The van der Waals surface area contributed by atoms with Gasteiger partial charge < -0.3 is 21.3 Å². The van der Waals surface area contributed by atoms with E-state index in [4.69, 9.17) is 0 Å². The highest BCUT2D eigenvalue weighted by molar-refractivity contribution is 5.91. The van der Waals surface area contributed by atoms with E-state index >= 15 is 0 Å². The van der Waals surface area contributed by atoms with Gasteiger partial charge in [0, 0.05) is 24.0 Å². The van der Waals surface area contributed by atoms with Crippen molar-refractivity contribution in [2.24, 2.45) is 11.3 Å². The van der Waals surface area contributed by atoms with Gasteiger partial charge in [-0.2, -0.15) is 0 Å². The summed E-state index contributed by atoms with van der Waals surface area (Å²) in [6.45, 7) is 12.9. The molecule has 2 aromatic carbocycles. The first kappa shape index (κ1) is 22.7. The number of amides is 4. The Balaban J connectivity index is 1.48. The van der Waals surface area contributed by atoms with Gasteiger partial charge in [0.2, 0.25) is 0 Å². The lowest BCUT2D eigenvalue weighted by molar-refractivity contribution is 0.0244. The maximum atomic E-state index is 12.5. The highest BCUT2D eigenvalue weighted by atomic mass is 16.2. The van der Waals surface area contributed by atoms with Crippen LogP contribution in [0.4, 0.5) is 21.0 Å². The number of nitrogens with one attached hydrogen (secondary N) is 4. The monoisotopic (exact) mass is 422 g/mol. The largest absolute Gasteiger partial charge is 0.338 e. The third kappa shape index (κ3) is 5.01. The van der Waals surface area contributed by atoms with E-state index in [1.165, 1.54) is 0 Å². The molecule has 0 unspecified atom stereocenters. The van der Waals surface area contributed by atoms with Crippen molar-refractivity contribution in [3.05, 3.63) is 58.7 Å². The SMILES string of the molecule is Cc1cccc(NC(=O)NC[C@H]2C[C@@H](NC(=O)Nc3cccc(C)c3C)C2(C)C)c1C. The Kier molecular flexibility index (Phi) is 6.58. The van der Waals surface area contributed by atoms with Crippen molar-refractivity contribution in [1.29, 1.82) is 0 Å². The molecule has 2 atom stereocenters. The molecule has 0 aliphatic heterocycles. The van der Waals surface area contributed by atoms with Gasteiger partial charge in [0.1, 0.15) is 0 Å². The zero-order valence-electron chi connectivity index (χ0n) is 19.3. The number of hydrogen-bond acceptors (Lipinski definition) is 2. The van der Waals surface area contributed by atoms with Crippen molar-refractivity contribution < 1.29 is 9.59 Å². The van der Waals surface area contributed by atoms with Gasteiger partial charge in [0.05, 0.1) is 0 Å². The van der Waals surface area contributed by atoms with Crippen LogP contribution in [0.15, 0.2) is 36.4 Å². The first-order valence-corrected chi connectivity index (χ1v) is 10.8. The van der Waals surface area contributed by atoms with E-state index in [0.717, 1.165) is 40.0 Å². The number of carbonyl (C=O) groups excluding carboxylic acids is 2. The maximum absolute atomic E-state index is 12.5. The second-order valence-electron chi connectivity index (χ2n) is 9.24. The van der Waals surface area contributed by atoms with E-state index < -0.39 is 0 Å². The van der Waals surface area contributed by atoms with E-state index in [2.05, 4.69) is 35.1 Å². The molecule has 0 spiro atoms. The van der Waals surface area contributed by atoms with Crippen LogP contribution < -0.4 is 21.3 Å². The number of rotatable bonds is 5. The molecule has 0 bridgehead atoms. The molecule has 1 fully saturated rings. The van der Waals surface area contributed by atoms with Gasteiger partial charge in [-0.25, -0.2) is 9.59 Å². The lowest BCUT2D eigenvalue weighted by Crippen LogP contribution is -2.61. The van der Waals surface area contributed by atoms with Crippen LogP contribution in [0.3, 0.4) is 0 Å². The van der Waals surface area contributed by atoms with Crippen molar-refractivity contribution in [2.75, 3.05) is 17.2 Å².